The van der Waals surface area contributed by atoms with E-state index >= 15 is 0 Å². The van der Waals surface area contributed by atoms with Gasteiger partial charge in [0, 0.05) is 25.1 Å². The van der Waals surface area contributed by atoms with Gasteiger partial charge in [-0.15, -0.1) is 0 Å². The quantitative estimate of drug-likeness (QED) is 0.513. The second-order valence-electron chi connectivity index (χ2n) is 8.43. The number of ether oxygens (including phenoxy) is 2. The van der Waals surface area contributed by atoms with Crippen molar-refractivity contribution in [1.29, 1.82) is 0 Å². The molecule has 2 fully saturated rings. The number of carboxylic acid groups (broad SMARTS) is 2. The third-order valence-corrected chi connectivity index (χ3v) is 5.42. The van der Waals surface area contributed by atoms with Crippen LogP contribution < -0.4 is 4.90 Å². The summed E-state index contributed by atoms with van der Waals surface area (Å²) in [5, 5.41) is 14.2. The van der Waals surface area contributed by atoms with Gasteiger partial charge in [0.2, 0.25) is 5.95 Å². The Morgan fingerprint density at radius 3 is 2.10 bits per heavy atom. The molecule has 10 nitrogen and oxygen atoms in total. The van der Waals surface area contributed by atoms with Gasteiger partial charge in [-0.2, -0.15) is 26.3 Å². The van der Waals surface area contributed by atoms with Crippen molar-refractivity contribution in [3.05, 3.63) is 48.0 Å². The Bertz CT molecular complexity index is 1030. The molecule has 0 amide bonds. The number of alkyl halides is 6. The van der Waals surface area contributed by atoms with Gasteiger partial charge in [-0.3, -0.25) is 4.98 Å². The second-order valence-corrected chi connectivity index (χ2v) is 8.43. The van der Waals surface area contributed by atoms with Crippen molar-refractivity contribution < 1.29 is 55.6 Å². The fourth-order valence-corrected chi connectivity index (χ4v) is 3.68. The Hall–Kier alpha value is -3.53. The SMILES string of the molecule is Cc1cnc(N2CC[C@@H]3O[C@@H](COCc4ccccn4)CC[C@@H]32)nc1.O=C(O)C(F)(F)F.O=C(O)C(F)(F)F. The summed E-state index contributed by atoms with van der Waals surface area (Å²) in [5.41, 5.74) is 2.05. The van der Waals surface area contributed by atoms with Crippen LogP contribution in [0.1, 0.15) is 30.5 Å². The summed E-state index contributed by atoms with van der Waals surface area (Å²) in [6.45, 7) is 4.13. The summed E-state index contributed by atoms with van der Waals surface area (Å²) in [6, 6.07) is 6.26. The Kier molecular flexibility index (Phi) is 11.4. The number of pyridine rings is 1. The number of carboxylic acids is 2. The number of aliphatic carboxylic acids is 2. The number of hydrogen-bond donors (Lipinski definition) is 2. The van der Waals surface area contributed by atoms with E-state index < -0.39 is 24.3 Å². The molecule has 2 aromatic heterocycles. The molecule has 2 aliphatic rings. The molecule has 2 aromatic rings. The van der Waals surface area contributed by atoms with E-state index in [0.717, 1.165) is 43.0 Å². The van der Waals surface area contributed by atoms with E-state index in [1.165, 1.54) is 0 Å². The molecule has 4 heterocycles. The highest BCUT2D eigenvalue weighted by Crippen LogP contribution is 2.33. The third kappa shape index (κ3) is 10.6. The molecule has 0 aromatic carbocycles. The molecule has 0 unspecified atom stereocenters. The molecule has 216 valence electrons. The van der Waals surface area contributed by atoms with Crippen LogP contribution in [0.5, 0.6) is 0 Å². The predicted octanol–water partition coefficient (Wildman–Crippen LogP) is 3.79. The molecule has 0 aliphatic carbocycles. The average molecular weight is 568 g/mol. The van der Waals surface area contributed by atoms with Crippen molar-refractivity contribution in [2.45, 2.75) is 63.4 Å². The zero-order valence-corrected chi connectivity index (χ0v) is 20.5. The maximum absolute atomic E-state index is 10.6. The van der Waals surface area contributed by atoms with Crippen molar-refractivity contribution in [3.8, 4) is 0 Å². The molecular formula is C23H26F6N4O6. The summed E-state index contributed by atoms with van der Waals surface area (Å²) in [6.07, 6.45) is -1.06. The van der Waals surface area contributed by atoms with Gasteiger partial charge < -0.3 is 24.6 Å². The van der Waals surface area contributed by atoms with E-state index in [4.69, 9.17) is 29.3 Å². The van der Waals surface area contributed by atoms with Gasteiger partial charge in [-0.1, -0.05) is 6.07 Å². The van der Waals surface area contributed by atoms with Gasteiger partial charge in [0.05, 0.1) is 37.2 Å². The predicted molar refractivity (Wildman–Crippen MR) is 122 cm³/mol. The molecule has 0 bridgehead atoms. The highest BCUT2D eigenvalue weighted by atomic mass is 19.4. The number of hydrogen-bond acceptors (Lipinski definition) is 8. The summed E-state index contributed by atoms with van der Waals surface area (Å²) >= 11 is 0. The largest absolute Gasteiger partial charge is 0.490 e. The van der Waals surface area contributed by atoms with Crippen LogP contribution in [0, 0.1) is 6.92 Å². The van der Waals surface area contributed by atoms with Gasteiger partial charge in [-0.25, -0.2) is 19.6 Å². The lowest BCUT2D eigenvalue weighted by Crippen LogP contribution is -2.44. The van der Waals surface area contributed by atoms with Crippen LogP contribution in [0.4, 0.5) is 32.3 Å². The number of aryl methyl sites for hydroxylation is 1. The molecule has 39 heavy (non-hydrogen) atoms. The molecule has 2 saturated heterocycles. The number of halogens is 6. The third-order valence-electron chi connectivity index (χ3n) is 5.42. The number of nitrogens with zero attached hydrogens (tertiary/aromatic N) is 4. The molecule has 0 radical (unpaired) electrons. The van der Waals surface area contributed by atoms with E-state index in [0.29, 0.717) is 19.3 Å². The Labute approximate surface area is 218 Å². The van der Waals surface area contributed by atoms with Crippen LogP contribution in [0.15, 0.2) is 36.8 Å². The van der Waals surface area contributed by atoms with Gasteiger partial charge >= 0.3 is 24.3 Å². The first-order chi connectivity index (χ1) is 18.2. The van der Waals surface area contributed by atoms with E-state index in [2.05, 4.69) is 19.9 Å². The molecule has 16 heteroatoms. The minimum absolute atomic E-state index is 0.170. The number of anilines is 1. The topological polar surface area (TPSA) is 135 Å². The van der Waals surface area contributed by atoms with E-state index in [-0.39, 0.29) is 12.2 Å². The lowest BCUT2D eigenvalue weighted by Gasteiger charge is -2.35. The molecule has 3 atom stereocenters. The van der Waals surface area contributed by atoms with Crippen molar-refractivity contribution in [1.82, 2.24) is 15.0 Å². The fourth-order valence-electron chi connectivity index (χ4n) is 3.68. The van der Waals surface area contributed by atoms with E-state index in [9.17, 15) is 26.3 Å². The highest BCUT2D eigenvalue weighted by molar-refractivity contribution is 5.73. The first-order valence-electron chi connectivity index (χ1n) is 11.5. The van der Waals surface area contributed by atoms with E-state index in [1.54, 1.807) is 6.20 Å². The monoisotopic (exact) mass is 568 g/mol. The second kappa shape index (κ2) is 14.0. The number of rotatable bonds is 5. The highest BCUT2D eigenvalue weighted by Gasteiger charge is 2.41. The summed E-state index contributed by atoms with van der Waals surface area (Å²) < 4.78 is 75.6. The molecule has 2 N–H and O–H groups in total. The average Bonchev–Trinajstić information content (AvgIpc) is 3.28. The van der Waals surface area contributed by atoms with Gasteiger partial charge in [0.15, 0.2) is 0 Å². The van der Waals surface area contributed by atoms with Crippen LogP contribution in [0.2, 0.25) is 0 Å². The minimum Gasteiger partial charge on any atom is -0.475 e. The molecule has 2 aliphatic heterocycles. The summed E-state index contributed by atoms with van der Waals surface area (Å²) in [7, 11) is 0. The maximum atomic E-state index is 10.6. The van der Waals surface area contributed by atoms with Crippen molar-refractivity contribution in [2.75, 3.05) is 18.1 Å². The lowest BCUT2D eigenvalue weighted by atomic mass is 9.99. The Morgan fingerprint density at radius 1 is 1.00 bits per heavy atom. The van der Waals surface area contributed by atoms with Gasteiger partial charge in [-0.05, 0) is 43.9 Å². The van der Waals surface area contributed by atoms with Crippen molar-refractivity contribution in [3.63, 3.8) is 0 Å². The molecule has 0 spiro atoms. The number of aromatic nitrogens is 3. The lowest BCUT2D eigenvalue weighted by molar-refractivity contribution is -0.193. The Balaban J connectivity index is 0.000000317. The van der Waals surface area contributed by atoms with Crippen LogP contribution in [-0.2, 0) is 25.7 Å². The maximum Gasteiger partial charge on any atom is 0.490 e. The number of carbonyl (C=O) groups is 2. The van der Waals surface area contributed by atoms with Gasteiger partial charge in [0.1, 0.15) is 0 Å². The molecule has 4 rings (SSSR count). The van der Waals surface area contributed by atoms with Crippen LogP contribution >= 0.6 is 0 Å². The normalized spacial score (nSPS) is 20.6. The summed E-state index contributed by atoms with van der Waals surface area (Å²) in [5.74, 6) is -4.69. The van der Waals surface area contributed by atoms with Crippen LogP contribution in [0.3, 0.4) is 0 Å². The first kappa shape index (κ1) is 31.7. The van der Waals surface area contributed by atoms with Crippen LogP contribution in [0.25, 0.3) is 0 Å². The first-order valence-corrected chi connectivity index (χ1v) is 11.5. The Morgan fingerprint density at radius 2 is 1.59 bits per heavy atom. The van der Waals surface area contributed by atoms with Crippen molar-refractivity contribution >= 4 is 17.9 Å². The smallest absolute Gasteiger partial charge is 0.475 e. The van der Waals surface area contributed by atoms with Crippen LogP contribution in [-0.4, -0.2) is 80.9 Å². The molecular weight excluding hydrogens is 542 g/mol. The molecule has 0 saturated carbocycles. The zero-order valence-electron chi connectivity index (χ0n) is 20.5. The van der Waals surface area contributed by atoms with Crippen molar-refractivity contribution in [2.24, 2.45) is 0 Å². The number of fused-ring (bicyclic) bond motifs is 1. The standard InChI is InChI=1S/C19H24N4O2.2C2HF3O2/c1-14-10-21-19(22-11-14)23-9-7-18-17(23)6-5-16(25-18)13-24-12-15-4-2-3-8-20-15;2*3-2(4,5)1(6)7/h2-4,8,10-11,16-18H,5-7,9,12-13H2,1H3;2*(H,6,7)/t16-,17+,18+;;/m1../s1. The minimum atomic E-state index is -5.08. The zero-order chi connectivity index (χ0) is 29.2. The fraction of sp³-hybridized carbons (Fsp3) is 0.522. The van der Waals surface area contributed by atoms with E-state index in [1.807, 2.05) is 37.5 Å². The summed E-state index contributed by atoms with van der Waals surface area (Å²) in [4.78, 5) is 33.3. The van der Waals surface area contributed by atoms with Gasteiger partial charge in [0.25, 0.3) is 0 Å².